The summed E-state index contributed by atoms with van der Waals surface area (Å²) in [7, 11) is 0. The lowest BCUT2D eigenvalue weighted by atomic mass is 9.99. The van der Waals surface area contributed by atoms with Crippen LogP contribution in [0.25, 0.3) is 11.1 Å². The number of benzene rings is 2. The van der Waals surface area contributed by atoms with Crippen LogP contribution in [0.5, 0.6) is 0 Å². The number of hydrogen-bond donors (Lipinski definition) is 1. The largest absolute Gasteiger partial charge is 0.366 e. The number of halogens is 2. The molecule has 0 heterocycles. The van der Waals surface area contributed by atoms with E-state index in [1.165, 1.54) is 0 Å². The third-order valence-electron chi connectivity index (χ3n) is 2.41. The van der Waals surface area contributed by atoms with Crippen molar-refractivity contribution in [1.29, 1.82) is 0 Å². The molecule has 0 atom stereocenters. The van der Waals surface area contributed by atoms with E-state index in [0.717, 1.165) is 20.1 Å². The number of amides is 1. The van der Waals surface area contributed by atoms with Gasteiger partial charge in [0.1, 0.15) is 0 Å². The summed E-state index contributed by atoms with van der Waals surface area (Å²) < 4.78 is 1.89. The molecule has 0 aromatic heterocycles. The molecule has 0 saturated heterocycles. The first-order chi connectivity index (χ1) is 8.09. The Kier molecular flexibility index (Phi) is 3.64. The maximum Gasteiger partial charge on any atom is 0.249 e. The molecular weight excluding hydrogens is 346 g/mol. The fourth-order valence-corrected chi connectivity index (χ4v) is 2.90. The zero-order valence-corrected chi connectivity index (χ0v) is 12.0. The maximum atomic E-state index is 11.4. The Bertz CT molecular complexity index is 581. The highest BCUT2D eigenvalue weighted by atomic mass is 79.9. The van der Waals surface area contributed by atoms with E-state index in [2.05, 4.69) is 31.9 Å². The van der Waals surface area contributed by atoms with E-state index in [1.807, 2.05) is 30.3 Å². The van der Waals surface area contributed by atoms with Crippen molar-refractivity contribution in [2.45, 2.75) is 0 Å². The molecule has 0 aliphatic carbocycles. The van der Waals surface area contributed by atoms with Crippen LogP contribution in [0, 0.1) is 0 Å². The van der Waals surface area contributed by atoms with E-state index in [9.17, 15) is 4.79 Å². The zero-order valence-electron chi connectivity index (χ0n) is 8.78. The average Bonchev–Trinajstić information content (AvgIpc) is 2.29. The van der Waals surface area contributed by atoms with E-state index in [-0.39, 0.29) is 0 Å². The van der Waals surface area contributed by atoms with Gasteiger partial charge in [-0.1, -0.05) is 56.1 Å². The fourth-order valence-electron chi connectivity index (χ4n) is 1.64. The summed E-state index contributed by atoms with van der Waals surface area (Å²) in [5.41, 5.74) is 7.67. The van der Waals surface area contributed by atoms with Crippen molar-refractivity contribution in [3.63, 3.8) is 0 Å². The van der Waals surface area contributed by atoms with Crippen LogP contribution in [0.2, 0.25) is 0 Å². The lowest BCUT2D eigenvalue weighted by Gasteiger charge is -2.09. The quantitative estimate of drug-likeness (QED) is 0.870. The second-order valence-electron chi connectivity index (χ2n) is 3.53. The highest BCUT2D eigenvalue weighted by Gasteiger charge is 2.11. The predicted molar refractivity (Wildman–Crippen MR) is 75.8 cm³/mol. The predicted octanol–water partition coefficient (Wildman–Crippen LogP) is 3.98. The van der Waals surface area contributed by atoms with Gasteiger partial charge in [0.05, 0.1) is 0 Å². The SMILES string of the molecule is NC(=O)c1ccccc1-c1ccc(Br)cc1Br. The third kappa shape index (κ3) is 2.58. The smallest absolute Gasteiger partial charge is 0.249 e. The molecule has 2 N–H and O–H groups in total. The van der Waals surface area contributed by atoms with Crippen LogP contribution >= 0.6 is 31.9 Å². The van der Waals surface area contributed by atoms with Crippen molar-refractivity contribution >= 4 is 37.8 Å². The van der Waals surface area contributed by atoms with Gasteiger partial charge in [0.15, 0.2) is 0 Å². The number of carbonyl (C=O) groups excluding carboxylic acids is 1. The summed E-state index contributed by atoms with van der Waals surface area (Å²) in [6.45, 7) is 0. The van der Waals surface area contributed by atoms with Crippen molar-refractivity contribution in [1.82, 2.24) is 0 Å². The van der Waals surface area contributed by atoms with E-state index < -0.39 is 5.91 Å². The van der Waals surface area contributed by atoms with Gasteiger partial charge in [0.25, 0.3) is 0 Å². The number of primary amides is 1. The molecule has 0 radical (unpaired) electrons. The molecule has 2 aromatic carbocycles. The van der Waals surface area contributed by atoms with Gasteiger partial charge in [-0.2, -0.15) is 0 Å². The molecule has 4 heteroatoms. The van der Waals surface area contributed by atoms with Gasteiger partial charge >= 0.3 is 0 Å². The lowest BCUT2D eigenvalue weighted by molar-refractivity contribution is 0.100. The molecule has 2 nitrogen and oxygen atoms in total. The molecule has 86 valence electrons. The van der Waals surface area contributed by atoms with Crippen molar-refractivity contribution in [3.05, 3.63) is 57.0 Å². The topological polar surface area (TPSA) is 43.1 Å². The molecule has 0 aliphatic rings. The molecule has 17 heavy (non-hydrogen) atoms. The summed E-state index contributed by atoms with van der Waals surface area (Å²) in [6, 6.07) is 13.1. The Morgan fingerprint density at radius 2 is 1.71 bits per heavy atom. The van der Waals surface area contributed by atoms with Crippen molar-refractivity contribution in [2.24, 2.45) is 5.73 Å². The molecule has 0 unspecified atom stereocenters. The first-order valence-corrected chi connectivity index (χ1v) is 6.52. The minimum absolute atomic E-state index is 0.421. The molecule has 2 aromatic rings. The van der Waals surface area contributed by atoms with Gasteiger partial charge in [-0.15, -0.1) is 0 Å². The number of carbonyl (C=O) groups is 1. The molecule has 2 rings (SSSR count). The van der Waals surface area contributed by atoms with E-state index in [0.29, 0.717) is 5.56 Å². The standard InChI is InChI=1S/C13H9Br2NO/c14-8-5-6-10(12(15)7-8)9-3-1-2-4-11(9)13(16)17/h1-7H,(H2,16,17). The summed E-state index contributed by atoms with van der Waals surface area (Å²) >= 11 is 6.88. The monoisotopic (exact) mass is 353 g/mol. The van der Waals surface area contributed by atoms with Crippen LogP contribution in [0.4, 0.5) is 0 Å². The summed E-state index contributed by atoms with van der Waals surface area (Å²) in [4.78, 5) is 11.4. The maximum absolute atomic E-state index is 11.4. The Morgan fingerprint density at radius 3 is 2.35 bits per heavy atom. The fraction of sp³-hybridized carbons (Fsp3) is 0. The van der Waals surface area contributed by atoms with Crippen LogP contribution in [-0.2, 0) is 0 Å². The molecule has 0 aliphatic heterocycles. The van der Waals surface area contributed by atoms with Gasteiger partial charge in [-0.3, -0.25) is 4.79 Å². The van der Waals surface area contributed by atoms with Crippen LogP contribution in [0.1, 0.15) is 10.4 Å². The number of nitrogens with two attached hydrogens (primary N) is 1. The van der Waals surface area contributed by atoms with Gasteiger partial charge in [-0.25, -0.2) is 0 Å². The van der Waals surface area contributed by atoms with Crippen LogP contribution in [0.3, 0.4) is 0 Å². The first-order valence-electron chi connectivity index (χ1n) is 4.94. The van der Waals surface area contributed by atoms with Crippen molar-refractivity contribution in [2.75, 3.05) is 0 Å². The Hall–Kier alpha value is -1.13. The van der Waals surface area contributed by atoms with Crippen LogP contribution < -0.4 is 5.73 Å². The molecule has 0 fully saturated rings. The molecular formula is C13H9Br2NO. The molecule has 0 spiro atoms. The van der Waals surface area contributed by atoms with E-state index in [1.54, 1.807) is 12.1 Å². The first kappa shape index (κ1) is 12.3. The van der Waals surface area contributed by atoms with Gasteiger partial charge in [0.2, 0.25) is 5.91 Å². The zero-order chi connectivity index (χ0) is 12.4. The normalized spacial score (nSPS) is 10.2. The minimum atomic E-state index is -0.421. The second-order valence-corrected chi connectivity index (χ2v) is 5.30. The second kappa shape index (κ2) is 5.02. The van der Waals surface area contributed by atoms with Crippen molar-refractivity contribution in [3.8, 4) is 11.1 Å². The Morgan fingerprint density at radius 1 is 1.00 bits per heavy atom. The third-order valence-corrected chi connectivity index (χ3v) is 3.56. The molecule has 0 saturated carbocycles. The highest BCUT2D eigenvalue weighted by molar-refractivity contribution is 9.11. The number of rotatable bonds is 2. The van der Waals surface area contributed by atoms with Gasteiger partial charge in [-0.05, 0) is 29.3 Å². The minimum Gasteiger partial charge on any atom is -0.366 e. The number of hydrogen-bond acceptors (Lipinski definition) is 1. The Balaban J connectivity index is 2.64. The Labute approximate surface area is 116 Å². The summed E-state index contributed by atoms with van der Waals surface area (Å²) in [6.07, 6.45) is 0. The lowest BCUT2D eigenvalue weighted by Crippen LogP contribution is -2.12. The van der Waals surface area contributed by atoms with Crippen LogP contribution in [0.15, 0.2) is 51.4 Å². The summed E-state index contributed by atoms with van der Waals surface area (Å²) in [5.74, 6) is -0.421. The van der Waals surface area contributed by atoms with E-state index >= 15 is 0 Å². The van der Waals surface area contributed by atoms with Crippen LogP contribution in [-0.4, -0.2) is 5.91 Å². The van der Waals surface area contributed by atoms with Gasteiger partial charge < -0.3 is 5.73 Å². The summed E-state index contributed by atoms with van der Waals surface area (Å²) in [5, 5.41) is 0. The molecule has 0 bridgehead atoms. The van der Waals surface area contributed by atoms with Gasteiger partial charge in [0, 0.05) is 14.5 Å². The average molecular weight is 355 g/mol. The molecule has 1 amide bonds. The highest BCUT2D eigenvalue weighted by Crippen LogP contribution is 2.32. The van der Waals surface area contributed by atoms with E-state index in [4.69, 9.17) is 5.73 Å². The van der Waals surface area contributed by atoms with Crippen molar-refractivity contribution < 1.29 is 4.79 Å².